The topological polar surface area (TPSA) is 245 Å². The zero-order valence-electron chi connectivity index (χ0n) is 34.5. The molecule has 1 aromatic carbocycles. The fourth-order valence-electron chi connectivity index (χ4n) is 7.63. The zero-order chi connectivity index (χ0) is 43.7. The number of rotatable bonds is 3. The van der Waals surface area contributed by atoms with E-state index in [9.17, 15) is 49.5 Å². The van der Waals surface area contributed by atoms with Crippen molar-refractivity contribution < 1.29 is 73.2 Å². The number of Topliss-reactive ketones (excluding diaryl/α,β-unsaturated/α-hetero) is 1. The molecule has 1 aliphatic carbocycles. The predicted molar refractivity (Wildman–Crippen MR) is 208 cm³/mol. The van der Waals surface area contributed by atoms with Gasteiger partial charge >= 0.3 is 17.9 Å². The largest absolute Gasteiger partial charge is 0.505 e. The monoisotopic (exact) mass is 811 g/mol. The van der Waals surface area contributed by atoms with Crippen LogP contribution in [0.4, 0.5) is 5.69 Å². The SMILES string of the molecule is COC(=O)[C@@H]1[C@H](O)[C@H](C)[C@H](O)[C@H](C)/C=C/C=C(/C)C(=O)Nc2c(C)c(OC(C)=O)c3c(c2O)C(=O)C(C)=C2OCOC(=C23)/C(C)=C/[C@@](C)(O)[C@H](O)[C@@H](C)[C@H]1OC(C)=O. The van der Waals surface area contributed by atoms with Gasteiger partial charge in [-0.15, -0.1) is 0 Å². The second-order valence-electron chi connectivity index (χ2n) is 15.3. The molecule has 16 nitrogen and oxygen atoms in total. The van der Waals surface area contributed by atoms with Crippen LogP contribution in [0.1, 0.15) is 83.8 Å². The molecule has 4 aliphatic rings. The summed E-state index contributed by atoms with van der Waals surface area (Å²) in [5, 5.41) is 61.2. The van der Waals surface area contributed by atoms with E-state index in [4.69, 9.17) is 23.7 Å². The normalized spacial score (nSPS) is 32.1. The van der Waals surface area contributed by atoms with Crippen LogP contribution in [0, 0.1) is 30.6 Å². The van der Waals surface area contributed by atoms with Crippen LogP contribution in [-0.2, 0) is 38.1 Å². The summed E-state index contributed by atoms with van der Waals surface area (Å²) in [6.45, 7) is 13.4. The van der Waals surface area contributed by atoms with Crippen molar-refractivity contribution in [3.63, 3.8) is 0 Å². The highest BCUT2D eigenvalue weighted by atomic mass is 16.7. The Morgan fingerprint density at radius 2 is 1.52 bits per heavy atom. The number of phenols is 1. The predicted octanol–water partition coefficient (Wildman–Crippen LogP) is 3.68. The van der Waals surface area contributed by atoms with Gasteiger partial charge in [-0.05, 0) is 46.3 Å². The minimum absolute atomic E-state index is 0.00972. The molecule has 58 heavy (non-hydrogen) atoms. The number of hydrogen-bond acceptors (Lipinski definition) is 15. The fourth-order valence-corrected chi connectivity index (χ4v) is 7.63. The van der Waals surface area contributed by atoms with Crippen LogP contribution in [0.5, 0.6) is 11.5 Å². The fraction of sp³-hybridized carbons (Fsp3) is 0.500. The van der Waals surface area contributed by atoms with Gasteiger partial charge in [0.2, 0.25) is 6.79 Å². The molecule has 5 rings (SSSR count). The number of aromatic hydroxyl groups is 1. The van der Waals surface area contributed by atoms with Gasteiger partial charge in [0.25, 0.3) is 5.91 Å². The van der Waals surface area contributed by atoms with E-state index in [1.807, 2.05) is 0 Å². The van der Waals surface area contributed by atoms with Crippen molar-refractivity contribution in [2.24, 2.45) is 23.7 Å². The molecule has 3 aliphatic heterocycles. The third-order valence-electron chi connectivity index (χ3n) is 10.9. The Morgan fingerprint density at radius 3 is 2.10 bits per heavy atom. The van der Waals surface area contributed by atoms with Gasteiger partial charge < -0.3 is 54.5 Å². The molecule has 16 heteroatoms. The van der Waals surface area contributed by atoms with Gasteiger partial charge in [-0.25, -0.2) is 0 Å². The number of ketones is 1. The first-order chi connectivity index (χ1) is 27.0. The molecular formula is C42H53NO15. The Labute approximate surface area is 336 Å². The quantitative estimate of drug-likeness (QED) is 0.145. The first-order valence-electron chi connectivity index (χ1n) is 18.7. The summed E-state index contributed by atoms with van der Waals surface area (Å²) in [6, 6.07) is 0. The molecule has 6 N–H and O–H groups in total. The number of methoxy groups -OCH3 is 1. The third-order valence-corrected chi connectivity index (χ3v) is 10.9. The number of amides is 1. The summed E-state index contributed by atoms with van der Waals surface area (Å²) in [4.78, 5) is 66.1. The van der Waals surface area contributed by atoms with Gasteiger partial charge in [-0.3, -0.25) is 24.0 Å². The van der Waals surface area contributed by atoms with Gasteiger partial charge in [-0.1, -0.05) is 39.0 Å². The van der Waals surface area contributed by atoms with Crippen LogP contribution in [-0.4, -0.2) is 99.1 Å². The summed E-state index contributed by atoms with van der Waals surface area (Å²) < 4.78 is 28.0. The number of hydrogen-bond donors (Lipinski definition) is 6. The van der Waals surface area contributed by atoms with Crippen molar-refractivity contribution in [1.29, 1.82) is 0 Å². The average molecular weight is 812 g/mol. The molecule has 0 saturated heterocycles. The first kappa shape index (κ1) is 45.4. The number of carbonyl (C=O) groups excluding carboxylic acids is 5. The van der Waals surface area contributed by atoms with Crippen LogP contribution in [0.15, 0.2) is 52.5 Å². The Balaban J connectivity index is 2.10. The van der Waals surface area contributed by atoms with Gasteiger partial charge in [-0.2, -0.15) is 0 Å². The van der Waals surface area contributed by atoms with E-state index < -0.39 is 95.8 Å². The lowest BCUT2D eigenvalue weighted by Crippen LogP contribution is -2.54. The van der Waals surface area contributed by atoms with Crippen molar-refractivity contribution >= 4 is 40.9 Å². The highest BCUT2D eigenvalue weighted by Gasteiger charge is 2.49. The van der Waals surface area contributed by atoms with Gasteiger partial charge in [0.15, 0.2) is 11.5 Å². The number of carbonyl (C=O) groups is 5. The maximum absolute atomic E-state index is 14.0. The van der Waals surface area contributed by atoms with E-state index >= 15 is 0 Å². The molecule has 0 fully saturated rings. The number of ether oxygens (including phenoxy) is 5. The maximum atomic E-state index is 14.0. The number of fused-ring (bicyclic) bond motifs is 14. The summed E-state index contributed by atoms with van der Waals surface area (Å²) >= 11 is 0. The molecule has 0 radical (unpaired) electrons. The highest BCUT2D eigenvalue weighted by Crippen LogP contribution is 2.53. The smallest absolute Gasteiger partial charge is 0.315 e. The molecule has 1 aromatic rings. The molecule has 1 amide bonds. The van der Waals surface area contributed by atoms with Crippen molar-refractivity contribution in [2.45, 2.75) is 99.3 Å². The van der Waals surface area contributed by atoms with E-state index in [-0.39, 0.29) is 61.9 Å². The second kappa shape index (κ2) is 17.7. The van der Waals surface area contributed by atoms with E-state index in [2.05, 4.69) is 5.32 Å². The molecule has 3 heterocycles. The number of benzene rings is 1. The highest BCUT2D eigenvalue weighted by molar-refractivity contribution is 6.21. The molecule has 0 spiro atoms. The molecule has 316 valence electrons. The number of phenolic OH excluding ortho intramolecular Hbond substituents is 1. The van der Waals surface area contributed by atoms with Crippen molar-refractivity contribution in [3.8, 4) is 11.5 Å². The van der Waals surface area contributed by atoms with E-state index in [0.29, 0.717) is 0 Å². The Bertz CT molecular complexity index is 2040. The van der Waals surface area contributed by atoms with Crippen LogP contribution in [0.2, 0.25) is 0 Å². The standard InChI is InChI=1S/C42H53NO15/c1-17-13-12-14-18(2)40(51)43-30-20(4)37(57-24(8)44)26-27(34(30)49)33(48)22(6)36-28(26)35(55-16-56-36)19(3)15-42(10,53)39(50)23(7)38(58-25(9)45)29(41(52)54-11)32(47)21(5)31(17)46/h12-15,17,21,23,29,31-32,38-39,46-47,49-50,53H,16H2,1-11H3,(H,43,51)/b13-12+,18-14-,19-15+/t17-,21-,23+,29-,31-,32-,38-,39-,42-/m1/s1. The molecule has 9 atom stereocenters. The number of anilines is 1. The van der Waals surface area contributed by atoms with Crippen LogP contribution < -0.4 is 10.1 Å². The van der Waals surface area contributed by atoms with Crippen molar-refractivity contribution in [3.05, 3.63) is 69.2 Å². The van der Waals surface area contributed by atoms with Crippen molar-refractivity contribution in [2.75, 3.05) is 19.2 Å². The minimum Gasteiger partial charge on any atom is -0.505 e. The number of nitrogens with one attached hydrogen (secondary N) is 1. The van der Waals surface area contributed by atoms with Gasteiger partial charge in [0.05, 0.1) is 42.2 Å². The number of allylic oxidation sites excluding steroid dienone is 5. The number of aliphatic hydroxyl groups is 4. The minimum atomic E-state index is -2.22. The molecular weight excluding hydrogens is 758 g/mol. The molecule has 0 aromatic heterocycles. The number of aliphatic hydroxyl groups excluding tert-OH is 3. The second-order valence-corrected chi connectivity index (χ2v) is 15.3. The summed E-state index contributed by atoms with van der Waals surface area (Å²) in [5.74, 6) is -9.71. The number of esters is 3. The molecule has 0 saturated carbocycles. The Kier molecular flexibility index (Phi) is 13.8. The van der Waals surface area contributed by atoms with Crippen molar-refractivity contribution in [1.82, 2.24) is 0 Å². The Hall–Kier alpha value is -5.29. The summed E-state index contributed by atoms with van der Waals surface area (Å²) in [6.07, 6.45) is -0.811. The third kappa shape index (κ3) is 8.74. The van der Waals surface area contributed by atoms with E-state index in [0.717, 1.165) is 21.0 Å². The Morgan fingerprint density at radius 1 is 0.897 bits per heavy atom. The van der Waals surface area contributed by atoms with Gasteiger partial charge in [0.1, 0.15) is 34.9 Å². The average Bonchev–Trinajstić information content (AvgIpc) is 3.16. The summed E-state index contributed by atoms with van der Waals surface area (Å²) in [7, 11) is 1.06. The lowest BCUT2D eigenvalue weighted by atomic mass is 9.75. The lowest BCUT2D eigenvalue weighted by molar-refractivity contribution is -0.181. The molecule has 4 bridgehead atoms. The van der Waals surface area contributed by atoms with Crippen LogP contribution in [0.25, 0.3) is 5.57 Å². The lowest BCUT2D eigenvalue weighted by Gasteiger charge is -2.40. The van der Waals surface area contributed by atoms with Gasteiger partial charge in [0, 0.05) is 53.9 Å². The molecule has 0 unspecified atom stereocenters. The maximum Gasteiger partial charge on any atom is 0.315 e. The van der Waals surface area contributed by atoms with Crippen LogP contribution >= 0.6 is 0 Å². The summed E-state index contributed by atoms with van der Waals surface area (Å²) in [5.41, 5.74) is -2.49. The van der Waals surface area contributed by atoms with E-state index in [1.165, 1.54) is 66.7 Å². The van der Waals surface area contributed by atoms with Crippen LogP contribution in [0.3, 0.4) is 0 Å². The zero-order valence-corrected chi connectivity index (χ0v) is 34.5. The van der Waals surface area contributed by atoms with E-state index in [1.54, 1.807) is 13.0 Å². The first-order valence-corrected chi connectivity index (χ1v) is 18.7.